The largest absolute Gasteiger partial charge is 0.309 e. The van der Waals surface area contributed by atoms with Gasteiger partial charge in [-0.3, -0.25) is 9.69 Å². The van der Waals surface area contributed by atoms with Gasteiger partial charge < -0.3 is 4.98 Å². The van der Waals surface area contributed by atoms with Crippen LogP contribution in [0.2, 0.25) is 0 Å². The van der Waals surface area contributed by atoms with E-state index in [1.165, 1.54) is 12.0 Å². The Balaban J connectivity index is 1.66. The summed E-state index contributed by atoms with van der Waals surface area (Å²) in [5.74, 6) is 2.18. The van der Waals surface area contributed by atoms with Crippen LogP contribution in [-0.2, 0) is 6.54 Å². The van der Waals surface area contributed by atoms with Gasteiger partial charge in [-0.25, -0.2) is 4.98 Å². The lowest BCUT2D eigenvalue weighted by Crippen LogP contribution is -2.38. The topological polar surface area (TPSA) is 49.0 Å². The number of aromatic nitrogens is 2. The number of benzene rings is 1. The van der Waals surface area contributed by atoms with Crippen molar-refractivity contribution in [1.29, 1.82) is 0 Å². The van der Waals surface area contributed by atoms with Crippen molar-refractivity contribution < 1.29 is 0 Å². The maximum absolute atomic E-state index is 12.8. The Labute approximate surface area is 157 Å². The van der Waals surface area contributed by atoms with Crippen LogP contribution in [0.3, 0.4) is 0 Å². The number of piperidine rings is 1. The molecule has 0 bridgehead atoms. The Morgan fingerprint density at radius 3 is 2.58 bits per heavy atom. The number of hydrogen-bond acceptors (Lipinski definition) is 4. The second-order valence-corrected chi connectivity index (χ2v) is 8.71. The first-order valence-electron chi connectivity index (χ1n) is 9.29. The molecule has 0 aliphatic carbocycles. The van der Waals surface area contributed by atoms with Crippen molar-refractivity contribution in [2.45, 2.75) is 33.7 Å². The molecule has 0 radical (unpaired) electrons. The molecule has 0 saturated carbocycles. The first-order chi connectivity index (χ1) is 12.5. The van der Waals surface area contributed by atoms with Crippen LogP contribution in [0.25, 0.3) is 21.3 Å². The molecule has 2 aromatic heterocycles. The van der Waals surface area contributed by atoms with Gasteiger partial charge in [0.05, 0.1) is 11.9 Å². The summed E-state index contributed by atoms with van der Waals surface area (Å²) in [5, 5.41) is 2.76. The molecule has 1 N–H and O–H groups in total. The highest BCUT2D eigenvalue weighted by atomic mass is 32.1. The van der Waals surface area contributed by atoms with Gasteiger partial charge in [0.1, 0.15) is 10.7 Å². The zero-order valence-corrected chi connectivity index (χ0v) is 16.4. The minimum atomic E-state index is -0.0278. The van der Waals surface area contributed by atoms with Gasteiger partial charge in [-0.05, 0) is 30.7 Å². The average Bonchev–Trinajstić information content (AvgIpc) is 2.99. The highest BCUT2D eigenvalue weighted by molar-refractivity contribution is 7.17. The predicted octanol–water partition coefficient (Wildman–Crippen LogP) is 4.44. The molecule has 0 spiro atoms. The molecule has 1 aliphatic heterocycles. The van der Waals surface area contributed by atoms with Crippen molar-refractivity contribution in [2.24, 2.45) is 11.8 Å². The summed E-state index contributed by atoms with van der Waals surface area (Å²) >= 11 is 1.55. The predicted molar refractivity (Wildman–Crippen MR) is 109 cm³/mol. The molecule has 1 fully saturated rings. The zero-order chi connectivity index (χ0) is 18.3. The molecule has 1 aromatic carbocycles. The molecule has 5 heteroatoms. The average molecular weight is 368 g/mol. The van der Waals surface area contributed by atoms with Crippen LogP contribution in [0.4, 0.5) is 0 Å². The van der Waals surface area contributed by atoms with Crippen LogP contribution in [0.1, 0.15) is 31.7 Å². The summed E-state index contributed by atoms with van der Waals surface area (Å²) in [6.45, 7) is 9.54. The number of fused-ring (bicyclic) bond motifs is 1. The van der Waals surface area contributed by atoms with Gasteiger partial charge in [-0.1, -0.05) is 43.7 Å². The van der Waals surface area contributed by atoms with Crippen molar-refractivity contribution in [1.82, 2.24) is 14.9 Å². The summed E-state index contributed by atoms with van der Waals surface area (Å²) in [7, 11) is 0. The van der Waals surface area contributed by atoms with Gasteiger partial charge in [0, 0.05) is 24.0 Å². The van der Waals surface area contributed by atoms with Gasteiger partial charge in [0.25, 0.3) is 5.56 Å². The molecule has 3 aromatic rings. The van der Waals surface area contributed by atoms with Crippen molar-refractivity contribution in [3.8, 4) is 11.1 Å². The number of likely N-dealkylation sites (tertiary alicyclic amines) is 1. The number of nitrogens with one attached hydrogen (secondary N) is 1. The summed E-state index contributed by atoms with van der Waals surface area (Å²) in [6, 6.07) is 8.29. The summed E-state index contributed by atoms with van der Waals surface area (Å²) in [5.41, 5.74) is 3.23. The first-order valence-corrected chi connectivity index (χ1v) is 10.2. The number of aryl methyl sites for hydroxylation is 1. The fourth-order valence-electron chi connectivity index (χ4n) is 4.15. The van der Waals surface area contributed by atoms with Crippen molar-refractivity contribution in [3.63, 3.8) is 0 Å². The summed E-state index contributed by atoms with van der Waals surface area (Å²) in [4.78, 5) is 23.8. The van der Waals surface area contributed by atoms with Gasteiger partial charge >= 0.3 is 0 Å². The lowest BCUT2D eigenvalue weighted by atomic mass is 9.92. The molecule has 4 nitrogen and oxygen atoms in total. The van der Waals surface area contributed by atoms with Gasteiger partial charge in [-0.2, -0.15) is 0 Å². The maximum Gasteiger partial charge on any atom is 0.260 e. The number of rotatable bonds is 3. The molecule has 0 amide bonds. The number of nitrogens with zero attached hydrogens (tertiary/aromatic N) is 2. The van der Waals surface area contributed by atoms with Gasteiger partial charge in [-0.15, -0.1) is 11.3 Å². The number of hydrogen-bond donors (Lipinski definition) is 1. The normalized spacial score (nSPS) is 21.3. The van der Waals surface area contributed by atoms with Crippen LogP contribution in [0, 0.1) is 18.8 Å². The monoisotopic (exact) mass is 367 g/mol. The molecular formula is C21H25N3OS. The van der Waals surface area contributed by atoms with E-state index in [-0.39, 0.29) is 5.56 Å². The molecule has 2 atom stereocenters. The van der Waals surface area contributed by atoms with E-state index in [9.17, 15) is 4.79 Å². The quantitative estimate of drug-likeness (QED) is 0.745. The first kappa shape index (κ1) is 17.4. The molecule has 1 aliphatic rings. The molecule has 3 heterocycles. The number of thiophene rings is 1. The standard InChI is InChI=1S/C21H25N3OS/c1-13-4-6-16(7-5-13)17-12-26-21-19(17)20(25)22-18(23-21)11-24-9-14(2)8-15(3)10-24/h4-7,12,14-15H,8-11H2,1-3H3,(H,22,23,25)/t14-,15+. The van der Waals surface area contributed by atoms with Crippen LogP contribution in [0.15, 0.2) is 34.4 Å². The lowest BCUT2D eigenvalue weighted by Gasteiger charge is -2.34. The van der Waals surface area contributed by atoms with Gasteiger partial charge in [0.2, 0.25) is 0 Å². The molecular weight excluding hydrogens is 342 g/mol. The maximum atomic E-state index is 12.8. The van der Waals surface area contributed by atoms with E-state index in [1.807, 2.05) is 5.38 Å². The Bertz CT molecular complexity index is 963. The Morgan fingerprint density at radius 1 is 1.19 bits per heavy atom. The van der Waals surface area contributed by atoms with E-state index in [4.69, 9.17) is 4.98 Å². The zero-order valence-electron chi connectivity index (χ0n) is 15.6. The molecule has 0 unspecified atom stereocenters. The van der Waals surface area contributed by atoms with E-state index >= 15 is 0 Å². The Hall–Kier alpha value is -1.98. The fourth-order valence-corrected chi connectivity index (χ4v) is 5.11. The van der Waals surface area contributed by atoms with E-state index in [0.29, 0.717) is 17.2 Å². The number of H-pyrrole nitrogens is 1. The minimum Gasteiger partial charge on any atom is -0.309 e. The van der Waals surface area contributed by atoms with Gasteiger partial charge in [0.15, 0.2) is 0 Å². The summed E-state index contributed by atoms with van der Waals surface area (Å²) < 4.78 is 0. The van der Waals surface area contributed by atoms with E-state index in [2.05, 4.69) is 54.9 Å². The Kier molecular flexibility index (Phi) is 4.67. The molecule has 26 heavy (non-hydrogen) atoms. The second kappa shape index (κ2) is 6.97. The van der Waals surface area contributed by atoms with E-state index in [1.54, 1.807) is 11.3 Å². The SMILES string of the molecule is Cc1ccc(-c2csc3nc(CN4C[C@H](C)C[C@H](C)C4)[nH]c(=O)c23)cc1. The molecule has 4 rings (SSSR count). The summed E-state index contributed by atoms with van der Waals surface area (Å²) in [6.07, 6.45) is 1.28. The molecule has 136 valence electrons. The number of aromatic amines is 1. The van der Waals surface area contributed by atoms with Crippen LogP contribution in [-0.4, -0.2) is 28.0 Å². The second-order valence-electron chi connectivity index (χ2n) is 7.85. The third kappa shape index (κ3) is 3.46. The third-order valence-corrected chi connectivity index (χ3v) is 6.05. The van der Waals surface area contributed by atoms with E-state index in [0.717, 1.165) is 41.4 Å². The smallest absolute Gasteiger partial charge is 0.260 e. The lowest BCUT2D eigenvalue weighted by molar-refractivity contribution is 0.131. The minimum absolute atomic E-state index is 0.0278. The molecule has 1 saturated heterocycles. The Morgan fingerprint density at radius 2 is 1.88 bits per heavy atom. The van der Waals surface area contributed by atoms with Crippen molar-refractivity contribution in [2.75, 3.05) is 13.1 Å². The highest BCUT2D eigenvalue weighted by Gasteiger charge is 2.23. The third-order valence-electron chi connectivity index (χ3n) is 5.17. The van der Waals surface area contributed by atoms with Crippen LogP contribution >= 0.6 is 11.3 Å². The van der Waals surface area contributed by atoms with Crippen molar-refractivity contribution in [3.05, 3.63) is 51.4 Å². The van der Waals surface area contributed by atoms with Crippen molar-refractivity contribution >= 4 is 21.6 Å². The van der Waals surface area contributed by atoms with E-state index < -0.39 is 0 Å². The highest BCUT2D eigenvalue weighted by Crippen LogP contribution is 2.31. The van der Waals surface area contributed by atoms with Crippen LogP contribution < -0.4 is 5.56 Å². The van der Waals surface area contributed by atoms with Crippen LogP contribution in [0.5, 0.6) is 0 Å². The fraction of sp³-hybridized carbons (Fsp3) is 0.429.